The van der Waals surface area contributed by atoms with Crippen LogP contribution in [-0.2, 0) is 0 Å². The van der Waals surface area contributed by atoms with Crippen molar-refractivity contribution in [3.8, 4) is 0 Å². The lowest BCUT2D eigenvalue weighted by molar-refractivity contribution is 0.931. The van der Waals surface area contributed by atoms with Gasteiger partial charge in [-0.2, -0.15) is 0 Å². The van der Waals surface area contributed by atoms with Crippen molar-refractivity contribution in [3.05, 3.63) is 77.0 Å². The summed E-state index contributed by atoms with van der Waals surface area (Å²) >= 11 is 12.3. The third-order valence-electron chi connectivity index (χ3n) is 3.88. The fourth-order valence-electron chi connectivity index (χ4n) is 2.80. The number of rotatable bonds is 3. The summed E-state index contributed by atoms with van der Waals surface area (Å²) in [5.74, 6) is -0.607. The van der Waals surface area contributed by atoms with Crippen LogP contribution < -0.4 is 11.1 Å². The van der Waals surface area contributed by atoms with Gasteiger partial charge in [0.05, 0.1) is 17.0 Å². The van der Waals surface area contributed by atoms with E-state index in [1.807, 2.05) is 0 Å². The van der Waals surface area contributed by atoms with Gasteiger partial charge < -0.3 is 10.2 Å². The van der Waals surface area contributed by atoms with Crippen LogP contribution >= 0.6 is 35.6 Å². The Morgan fingerprint density at radius 3 is 1.75 bits per heavy atom. The summed E-state index contributed by atoms with van der Waals surface area (Å²) in [6.45, 7) is 3.53. The van der Waals surface area contributed by atoms with Crippen LogP contribution in [0, 0.1) is 13.8 Å². The average Bonchev–Trinajstić information content (AvgIpc) is 2.98. The van der Waals surface area contributed by atoms with Crippen LogP contribution in [0.2, 0.25) is 10.0 Å². The number of hydrogen-bond acceptors (Lipinski definition) is 2. The largest absolute Gasteiger partial charge is 0.302 e. The molecule has 0 saturated carbocycles. The van der Waals surface area contributed by atoms with Crippen molar-refractivity contribution in [2.75, 3.05) is 0 Å². The van der Waals surface area contributed by atoms with E-state index < -0.39 is 5.92 Å². The zero-order chi connectivity index (χ0) is 16.7. The van der Waals surface area contributed by atoms with E-state index in [9.17, 15) is 9.59 Å². The van der Waals surface area contributed by atoms with Gasteiger partial charge in [0.2, 0.25) is 0 Å². The smallest absolute Gasteiger partial charge is 0.268 e. The summed E-state index contributed by atoms with van der Waals surface area (Å²) < 4.78 is 0. The fourth-order valence-corrected chi connectivity index (χ4v) is 3.31. The van der Waals surface area contributed by atoms with Crippen molar-refractivity contribution in [2.24, 2.45) is 0 Å². The number of halogens is 3. The quantitative estimate of drug-likeness (QED) is 0.553. The number of aromatic amines is 4. The van der Waals surface area contributed by atoms with Crippen LogP contribution in [0.5, 0.6) is 0 Å². The zero-order valence-electron chi connectivity index (χ0n) is 12.8. The van der Waals surface area contributed by atoms with Gasteiger partial charge in [-0.3, -0.25) is 19.8 Å². The Kier molecular flexibility index (Phi) is 5.32. The normalized spacial score (nSPS) is 10.9. The number of H-pyrrole nitrogens is 4. The maximum absolute atomic E-state index is 12.3. The second-order valence-corrected chi connectivity index (χ2v) is 6.18. The lowest BCUT2D eigenvalue weighted by atomic mass is 9.85. The lowest BCUT2D eigenvalue weighted by Gasteiger charge is -2.17. The van der Waals surface area contributed by atoms with Crippen molar-refractivity contribution in [2.45, 2.75) is 19.8 Å². The molecule has 3 rings (SSSR count). The van der Waals surface area contributed by atoms with Crippen LogP contribution in [0.4, 0.5) is 0 Å². The molecule has 3 aromatic rings. The Labute approximate surface area is 153 Å². The molecule has 0 aliphatic heterocycles. The van der Waals surface area contributed by atoms with E-state index in [1.54, 1.807) is 32.0 Å². The standard InChI is InChI=1S/C15H14Cl2N4O2.ClH/c1-6-11(14(22)20-18-6)13(12-7(2)19-21-15(12)23)9-4-3-8(16)5-10(9)17;/h3-5,13H,1-2H3,(H2,18,20,22)(H2,19,21,23);1H. The molecule has 0 unspecified atom stereocenters. The van der Waals surface area contributed by atoms with E-state index in [2.05, 4.69) is 20.4 Å². The molecule has 2 aromatic heterocycles. The third kappa shape index (κ3) is 3.05. The molecule has 0 aliphatic carbocycles. The second-order valence-electron chi connectivity index (χ2n) is 5.33. The van der Waals surface area contributed by atoms with Crippen LogP contribution in [0.1, 0.15) is 34.0 Å². The highest BCUT2D eigenvalue weighted by Crippen LogP contribution is 2.36. The van der Waals surface area contributed by atoms with Crippen LogP contribution in [0.25, 0.3) is 0 Å². The number of aromatic nitrogens is 4. The summed E-state index contributed by atoms with van der Waals surface area (Å²) in [5, 5.41) is 11.5. The third-order valence-corrected chi connectivity index (χ3v) is 4.44. The lowest BCUT2D eigenvalue weighted by Crippen LogP contribution is -2.20. The van der Waals surface area contributed by atoms with Crippen LogP contribution in [0.3, 0.4) is 0 Å². The molecule has 0 spiro atoms. The summed E-state index contributed by atoms with van der Waals surface area (Å²) in [6.07, 6.45) is 0. The molecule has 2 heterocycles. The minimum atomic E-state index is -0.607. The van der Waals surface area contributed by atoms with E-state index in [-0.39, 0.29) is 23.5 Å². The van der Waals surface area contributed by atoms with Gasteiger partial charge in [0.15, 0.2) is 0 Å². The maximum atomic E-state index is 12.3. The first kappa shape index (κ1) is 18.4. The predicted octanol–water partition coefficient (Wildman–Crippen LogP) is 3.25. The molecule has 0 amide bonds. The summed E-state index contributed by atoms with van der Waals surface area (Å²) in [5.41, 5.74) is 2.23. The van der Waals surface area contributed by atoms with Crippen molar-refractivity contribution in [1.29, 1.82) is 0 Å². The van der Waals surface area contributed by atoms with Gasteiger partial charge in [-0.25, -0.2) is 0 Å². The van der Waals surface area contributed by atoms with Crippen LogP contribution in [0.15, 0.2) is 27.8 Å². The topological polar surface area (TPSA) is 97.3 Å². The van der Waals surface area contributed by atoms with Gasteiger partial charge in [0.1, 0.15) is 0 Å². The Hall–Kier alpha value is -1.89. The van der Waals surface area contributed by atoms with E-state index >= 15 is 0 Å². The van der Waals surface area contributed by atoms with Gasteiger partial charge in [0.25, 0.3) is 11.1 Å². The molecular formula is C15H15Cl3N4O2. The molecular weight excluding hydrogens is 375 g/mol. The summed E-state index contributed by atoms with van der Waals surface area (Å²) in [7, 11) is 0. The van der Waals surface area contributed by atoms with Gasteiger partial charge in [-0.15, -0.1) is 12.4 Å². The molecule has 0 saturated heterocycles. The first-order valence-corrected chi connectivity index (χ1v) is 7.65. The number of aryl methyl sites for hydroxylation is 2. The molecule has 0 atom stereocenters. The Bertz CT molecular complexity index is 929. The molecule has 0 fully saturated rings. The molecule has 9 heteroatoms. The van der Waals surface area contributed by atoms with E-state index in [1.165, 1.54) is 0 Å². The number of nitrogens with one attached hydrogen (secondary N) is 4. The number of benzene rings is 1. The van der Waals surface area contributed by atoms with E-state index in [0.717, 1.165) is 0 Å². The second kappa shape index (κ2) is 6.93. The minimum absolute atomic E-state index is 0. The Balaban J connectivity index is 0.00000208. The highest BCUT2D eigenvalue weighted by Gasteiger charge is 2.29. The van der Waals surface area contributed by atoms with E-state index in [0.29, 0.717) is 38.1 Å². The van der Waals surface area contributed by atoms with Gasteiger partial charge in [-0.1, -0.05) is 29.3 Å². The summed E-state index contributed by atoms with van der Waals surface area (Å²) in [4.78, 5) is 24.5. The first-order valence-electron chi connectivity index (χ1n) is 6.89. The molecule has 1 aromatic carbocycles. The minimum Gasteiger partial charge on any atom is -0.302 e. The van der Waals surface area contributed by atoms with Crippen molar-refractivity contribution in [3.63, 3.8) is 0 Å². The molecule has 0 aliphatic rings. The predicted molar refractivity (Wildman–Crippen MR) is 97.0 cm³/mol. The Morgan fingerprint density at radius 1 is 0.875 bits per heavy atom. The Morgan fingerprint density at radius 2 is 1.38 bits per heavy atom. The first-order chi connectivity index (χ1) is 10.9. The van der Waals surface area contributed by atoms with Crippen molar-refractivity contribution < 1.29 is 0 Å². The zero-order valence-corrected chi connectivity index (χ0v) is 15.1. The molecule has 0 bridgehead atoms. The SMILES string of the molecule is Cc1[nH][nH]c(=O)c1C(c1ccc(Cl)cc1Cl)c1c(C)[nH][nH]c1=O.Cl. The highest BCUT2D eigenvalue weighted by molar-refractivity contribution is 6.35. The summed E-state index contributed by atoms with van der Waals surface area (Å²) in [6, 6.07) is 5.01. The van der Waals surface area contributed by atoms with Gasteiger partial charge in [0, 0.05) is 21.4 Å². The molecule has 24 heavy (non-hydrogen) atoms. The molecule has 4 N–H and O–H groups in total. The average molecular weight is 390 g/mol. The van der Waals surface area contributed by atoms with E-state index in [4.69, 9.17) is 23.2 Å². The molecule has 128 valence electrons. The molecule has 0 radical (unpaired) electrons. The van der Waals surface area contributed by atoms with Crippen molar-refractivity contribution >= 4 is 35.6 Å². The van der Waals surface area contributed by atoms with Crippen molar-refractivity contribution in [1.82, 2.24) is 20.4 Å². The highest BCUT2D eigenvalue weighted by atomic mass is 35.5. The maximum Gasteiger partial charge on any atom is 0.268 e. The van der Waals surface area contributed by atoms with Gasteiger partial charge >= 0.3 is 0 Å². The number of hydrogen-bond donors (Lipinski definition) is 4. The van der Waals surface area contributed by atoms with Crippen LogP contribution in [-0.4, -0.2) is 20.4 Å². The fraction of sp³-hybridized carbons (Fsp3) is 0.200. The van der Waals surface area contributed by atoms with Gasteiger partial charge in [-0.05, 0) is 31.5 Å². The molecule has 6 nitrogen and oxygen atoms in total. The monoisotopic (exact) mass is 388 g/mol.